The number of hydrogen-bond donors (Lipinski definition) is 1. The fraction of sp³-hybridized carbons (Fsp3) is 0.438. The molecule has 3 rings (SSSR count). The van der Waals surface area contributed by atoms with Crippen molar-refractivity contribution in [2.75, 3.05) is 20.6 Å². The van der Waals surface area contributed by atoms with Crippen LogP contribution in [0.3, 0.4) is 0 Å². The van der Waals surface area contributed by atoms with Crippen LogP contribution in [0.15, 0.2) is 30.3 Å². The van der Waals surface area contributed by atoms with Gasteiger partial charge in [-0.05, 0) is 25.1 Å². The van der Waals surface area contributed by atoms with Crippen molar-refractivity contribution in [3.8, 4) is 11.4 Å². The van der Waals surface area contributed by atoms with E-state index in [1.807, 2.05) is 35.0 Å². The van der Waals surface area contributed by atoms with E-state index in [-0.39, 0.29) is 11.9 Å². The van der Waals surface area contributed by atoms with Crippen LogP contribution in [0.2, 0.25) is 0 Å². The molecule has 1 N–H and O–H groups in total. The van der Waals surface area contributed by atoms with Crippen molar-refractivity contribution in [2.24, 2.45) is 0 Å². The first kappa shape index (κ1) is 15.9. The number of benzene rings is 1. The molecule has 1 aromatic heterocycles. The summed E-state index contributed by atoms with van der Waals surface area (Å²) in [5.74, 6) is 0.905. The summed E-state index contributed by atoms with van der Waals surface area (Å²) in [4.78, 5) is 20.5. The smallest absolute Gasteiger partial charge is 0.239 e. The second kappa shape index (κ2) is 6.64. The number of likely N-dealkylation sites (tertiary alicyclic amines) is 1. The van der Waals surface area contributed by atoms with E-state index in [0.717, 1.165) is 30.8 Å². The Balaban J connectivity index is 1.79. The molecule has 6 nitrogen and oxygen atoms in total. The number of carbonyl (C=O) groups excluding carboxylic acids is 1. The predicted octanol–water partition coefficient (Wildman–Crippen LogP) is 2.12. The lowest BCUT2D eigenvalue weighted by atomic mass is 10.2. The second-order valence-electron chi connectivity index (χ2n) is 5.99. The van der Waals surface area contributed by atoms with E-state index in [4.69, 9.17) is 12.2 Å². The Morgan fingerprint density at radius 3 is 2.83 bits per heavy atom. The minimum atomic E-state index is -0.0737. The molecule has 1 atom stereocenters. The molecule has 23 heavy (non-hydrogen) atoms. The van der Waals surface area contributed by atoms with Crippen LogP contribution in [0.1, 0.15) is 12.8 Å². The number of carbonyl (C=O) groups is 1. The first-order chi connectivity index (χ1) is 11.1. The molecule has 1 amide bonds. The molecule has 1 aliphatic rings. The molecular weight excluding hydrogens is 310 g/mol. The Bertz CT molecular complexity index is 736. The third-order valence-corrected chi connectivity index (χ3v) is 4.45. The van der Waals surface area contributed by atoms with Gasteiger partial charge in [0.25, 0.3) is 0 Å². The molecule has 2 heterocycles. The molecule has 0 spiro atoms. The summed E-state index contributed by atoms with van der Waals surface area (Å²) in [6, 6.07) is 9.82. The van der Waals surface area contributed by atoms with Gasteiger partial charge in [-0.15, -0.1) is 0 Å². The minimum Gasteiger partial charge on any atom is -0.347 e. The molecule has 0 aliphatic carbocycles. The number of hydrogen-bond acceptors (Lipinski definition) is 4. The van der Waals surface area contributed by atoms with Gasteiger partial charge >= 0.3 is 0 Å². The summed E-state index contributed by atoms with van der Waals surface area (Å²) in [6.07, 6.45) is 1.92. The third kappa shape index (κ3) is 3.35. The lowest BCUT2D eigenvalue weighted by Crippen LogP contribution is -2.43. The van der Waals surface area contributed by atoms with E-state index in [9.17, 15) is 4.79 Å². The molecule has 1 unspecified atom stereocenters. The number of aromatic amines is 1. The minimum absolute atomic E-state index is 0.0737. The lowest BCUT2D eigenvalue weighted by Gasteiger charge is -2.25. The van der Waals surface area contributed by atoms with Gasteiger partial charge in [-0.3, -0.25) is 14.8 Å². The highest BCUT2D eigenvalue weighted by atomic mass is 32.1. The zero-order valence-corrected chi connectivity index (χ0v) is 14.2. The Morgan fingerprint density at radius 2 is 2.13 bits per heavy atom. The van der Waals surface area contributed by atoms with Gasteiger partial charge in [0.2, 0.25) is 10.7 Å². The fourth-order valence-corrected chi connectivity index (χ4v) is 3.13. The van der Waals surface area contributed by atoms with Crippen LogP contribution in [0.5, 0.6) is 0 Å². The summed E-state index contributed by atoms with van der Waals surface area (Å²) in [6.45, 7) is 1.45. The monoisotopic (exact) mass is 331 g/mol. The van der Waals surface area contributed by atoms with Gasteiger partial charge in [-0.2, -0.15) is 4.98 Å². The Morgan fingerprint density at radius 1 is 1.39 bits per heavy atom. The first-order valence-electron chi connectivity index (χ1n) is 7.74. The van der Waals surface area contributed by atoms with Gasteiger partial charge in [0, 0.05) is 26.2 Å². The molecule has 1 aliphatic heterocycles. The number of nitrogens with one attached hydrogen (secondary N) is 1. The maximum atomic E-state index is 12.3. The Labute approximate surface area is 140 Å². The van der Waals surface area contributed by atoms with Crippen LogP contribution in [-0.4, -0.2) is 57.2 Å². The van der Waals surface area contributed by atoms with Crippen molar-refractivity contribution in [1.29, 1.82) is 0 Å². The summed E-state index contributed by atoms with van der Waals surface area (Å²) < 4.78 is 2.34. The van der Waals surface area contributed by atoms with E-state index in [0.29, 0.717) is 11.4 Å². The second-order valence-corrected chi connectivity index (χ2v) is 6.36. The van der Waals surface area contributed by atoms with Gasteiger partial charge in [0.1, 0.15) is 0 Å². The van der Waals surface area contributed by atoms with E-state index in [2.05, 4.69) is 15.0 Å². The van der Waals surface area contributed by atoms with Gasteiger partial charge in [-0.25, -0.2) is 4.68 Å². The lowest BCUT2D eigenvalue weighted by molar-refractivity contribution is -0.134. The summed E-state index contributed by atoms with van der Waals surface area (Å²) >= 11 is 5.36. The quantitative estimate of drug-likeness (QED) is 0.872. The highest BCUT2D eigenvalue weighted by Crippen LogP contribution is 2.20. The molecule has 7 heteroatoms. The van der Waals surface area contributed by atoms with Crippen LogP contribution in [0.25, 0.3) is 11.4 Å². The molecular formula is C16H21N5OS. The normalized spacial score (nSPS) is 18.3. The SMILES string of the molecule is CN(C)C(=O)C1CCCN1Cn1[nH]c(-c2ccccc2)nc1=S. The maximum absolute atomic E-state index is 12.3. The number of amides is 1. The summed E-state index contributed by atoms with van der Waals surface area (Å²) in [5, 5.41) is 3.25. The highest BCUT2D eigenvalue weighted by Gasteiger charge is 2.32. The van der Waals surface area contributed by atoms with Crippen molar-refractivity contribution in [2.45, 2.75) is 25.6 Å². The van der Waals surface area contributed by atoms with Gasteiger partial charge in [0.05, 0.1) is 12.7 Å². The maximum Gasteiger partial charge on any atom is 0.239 e. The zero-order chi connectivity index (χ0) is 16.4. The van der Waals surface area contributed by atoms with Crippen LogP contribution < -0.4 is 0 Å². The van der Waals surface area contributed by atoms with Crippen LogP contribution >= 0.6 is 12.2 Å². The van der Waals surface area contributed by atoms with E-state index in [1.165, 1.54) is 0 Å². The van der Waals surface area contributed by atoms with Crippen LogP contribution in [0.4, 0.5) is 0 Å². The number of rotatable bonds is 4. The zero-order valence-electron chi connectivity index (χ0n) is 13.4. The fourth-order valence-electron chi connectivity index (χ4n) is 2.93. The Kier molecular flexibility index (Phi) is 4.58. The summed E-state index contributed by atoms with van der Waals surface area (Å²) in [7, 11) is 3.60. The standard InChI is InChI=1S/C16H21N5OS/c1-19(2)15(22)13-9-6-10-20(13)11-21-16(23)17-14(18-21)12-7-4-3-5-8-12/h3-5,7-8,13H,6,9-11H2,1-2H3,(H,17,18,23). The number of likely N-dealkylation sites (N-methyl/N-ethyl adjacent to an activating group) is 1. The molecule has 0 radical (unpaired) electrons. The van der Waals surface area contributed by atoms with Gasteiger partial charge in [-0.1, -0.05) is 30.3 Å². The molecule has 1 fully saturated rings. The van der Waals surface area contributed by atoms with Crippen molar-refractivity contribution in [3.63, 3.8) is 0 Å². The van der Waals surface area contributed by atoms with Crippen molar-refractivity contribution < 1.29 is 4.79 Å². The topological polar surface area (TPSA) is 57.2 Å². The highest BCUT2D eigenvalue weighted by molar-refractivity contribution is 7.71. The average Bonchev–Trinajstić information content (AvgIpc) is 3.15. The van der Waals surface area contributed by atoms with E-state index >= 15 is 0 Å². The van der Waals surface area contributed by atoms with E-state index < -0.39 is 0 Å². The van der Waals surface area contributed by atoms with Crippen LogP contribution in [0, 0.1) is 4.77 Å². The predicted molar refractivity (Wildman–Crippen MR) is 91.3 cm³/mol. The van der Waals surface area contributed by atoms with E-state index in [1.54, 1.807) is 19.0 Å². The largest absolute Gasteiger partial charge is 0.347 e. The molecule has 122 valence electrons. The Hall–Kier alpha value is -1.99. The molecule has 2 aromatic rings. The van der Waals surface area contributed by atoms with Crippen molar-refractivity contribution in [3.05, 3.63) is 35.1 Å². The van der Waals surface area contributed by atoms with Crippen LogP contribution in [-0.2, 0) is 11.5 Å². The molecule has 1 aromatic carbocycles. The number of H-pyrrole nitrogens is 1. The molecule has 0 saturated carbocycles. The third-order valence-electron chi connectivity index (χ3n) is 4.14. The van der Waals surface area contributed by atoms with Gasteiger partial charge in [0.15, 0.2) is 5.82 Å². The number of aromatic nitrogens is 3. The molecule has 1 saturated heterocycles. The number of nitrogens with zero attached hydrogens (tertiary/aromatic N) is 4. The van der Waals surface area contributed by atoms with Crippen molar-refractivity contribution in [1.82, 2.24) is 24.6 Å². The average molecular weight is 331 g/mol. The molecule has 0 bridgehead atoms. The van der Waals surface area contributed by atoms with Crippen molar-refractivity contribution >= 4 is 18.1 Å². The summed E-state index contributed by atoms with van der Waals surface area (Å²) in [5.41, 5.74) is 1.000. The first-order valence-corrected chi connectivity index (χ1v) is 8.14. The van der Waals surface area contributed by atoms with Gasteiger partial charge < -0.3 is 4.90 Å².